The van der Waals surface area contributed by atoms with Crippen molar-refractivity contribution in [3.05, 3.63) is 89.1 Å². The molecule has 0 amide bonds. The summed E-state index contributed by atoms with van der Waals surface area (Å²) in [7, 11) is 0. The lowest BCUT2D eigenvalue weighted by Crippen LogP contribution is -2.14. The van der Waals surface area contributed by atoms with Crippen molar-refractivity contribution in [2.45, 2.75) is 0 Å². The van der Waals surface area contributed by atoms with Gasteiger partial charge in [0.05, 0.1) is 22.9 Å². The number of fused-ring (bicyclic) bond motifs is 2. The summed E-state index contributed by atoms with van der Waals surface area (Å²) in [6.07, 6.45) is 1.55. The summed E-state index contributed by atoms with van der Waals surface area (Å²) >= 11 is 6.09. The third-order valence-electron chi connectivity index (χ3n) is 4.71. The van der Waals surface area contributed by atoms with E-state index in [0.29, 0.717) is 33.0 Å². The maximum absolute atomic E-state index is 13.8. The second-order valence-corrected chi connectivity index (χ2v) is 6.92. The van der Waals surface area contributed by atoms with E-state index in [-0.39, 0.29) is 5.56 Å². The fourth-order valence-corrected chi connectivity index (χ4v) is 3.53. The van der Waals surface area contributed by atoms with Gasteiger partial charge < -0.3 is 4.42 Å². The second kappa shape index (κ2) is 6.53. The molecule has 0 aliphatic heterocycles. The third kappa shape index (κ3) is 2.80. The topological polar surface area (TPSA) is 48.0 Å². The van der Waals surface area contributed by atoms with Crippen LogP contribution in [-0.2, 0) is 0 Å². The van der Waals surface area contributed by atoms with E-state index in [1.807, 2.05) is 12.1 Å². The third-order valence-corrected chi connectivity index (χ3v) is 4.94. The van der Waals surface area contributed by atoms with Crippen molar-refractivity contribution in [1.29, 1.82) is 0 Å². The number of rotatable bonds is 2. The average Bonchev–Trinajstić information content (AvgIpc) is 3.33. The van der Waals surface area contributed by atoms with Crippen LogP contribution in [0.15, 0.2) is 71.3 Å². The van der Waals surface area contributed by atoms with Crippen molar-refractivity contribution in [1.82, 2.24) is 9.55 Å². The number of imidazole rings is 1. The molecule has 7 heteroatoms. The van der Waals surface area contributed by atoms with Gasteiger partial charge in [0, 0.05) is 16.0 Å². The molecule has 5 aromatic rings. The number of furan rings is 1. The lowest BCUT2D eigenvalue weighted by Gasteiger charge is -2.09. The molecule has 0 spiro atoms. The number of carbonyl (C=O) groups excluding carboxylic acids is 1. The summed E-state index contributed by atoms with van der Waals surface area (Å²) in [5.74, 6) is -2.35. The Labute approximate surface area is 168 Å². The van der Waals surface area contributed by atoms with Crippen LogP contribution in [0.4, 0.5) is 8.78 Å². The zero-order chi connectivity index (χ0) is 20.1. The lowest BCUT2D eigenvalue weighted by molar-refractivity contribution is 0.0965. The first-order chi connectivity index (χ1) is 14.0. The minimum absolute atomic E-state index is 0.00831. The Morgan fingerprint density at radius 3 is 2.69 bits per heavy atom. The molecule has 0 fully saturated rings. The van der Waals surface area contributed by atoms with Crippen molar-refractivity contribution < 1.29 is 18.0 Å². The number of aromatic nitrogens is 2. The molecular formula is C22H11ClF2N2O2. The first kappa shape index (κ1) is 17.6. The fraction of sp³-hybridized carbons (Fsp3) is 0. The molecule has 4 nitrogen and oxygen atoms in total. The van der Waals surface area contributed by atoms with Gasteiger partial charge in [-0.1, -0.05) is 23.7 Å². The Kier molecular flexibility index (Phi) is 3.96. The van der Waals surface area contributed by atoms with Crippen molar-refractivity contribution in [3.8, 4) is 11.4 Å². The molecule has 2 aromatic heterocycles. The number of hydrogen-bond acceptors (Lipinski definition) is 3. The quantitative estimate of drug-likeness (QED) is 0.356. The zero-order valence-corrected chi connectivity index (χ0v) is 15.5. The van der Waals surface area contributed by atoms with Crippen molar-refractivity contribution >= 4 is 39.5 Å². The molecule has 0 atom stereocenters. The summed E-state index contributed by atoms with van der Waals surface area (Å²) in [6.45, 7) is 0. The molecule has 2 heterocycles. The average molecular weight is 409 g/mol. The number of hydrogen-bond donors (Lipinski definition) is 0. The van der Waals surface area contributed by atoms with Crippen LogP contribution in [0.5, 0.6) is 0 Å². The van der Waals surface area contributed by atoms with Gasteiger partial charge in [-0.25, -0.2) is 13.8 Å². The molecule has 0 radical (unpaired) electrons. The molecule has 0 aliphatic rings. The second-order valence-electron chi connectivity index (χ2n) is 6.48. The van der Waals surface area contributed by atoms with E-state index < -0.39 is 17.5 Å². The minimum Gasteiger partial charge on any atom is -0.464 e. The maximum atomic E-state index is 13.8. The van der Waals surface area contributed by atoms with Crippen molar-refractivity contribution in [3.63, 3.8) is 0 Å². The van der Waals surface area contributed by atoms with Gasteiger partial charge in [0.1, 0.15) is 5.58 Å². The summed E-state index contributed by atoms with van der Waals surface area (Å²) in [5, 5.41) is 1.31. The van der Waals surface area contributed by atoms with Gasteiger partial charge in [0.25, 0.3) is 5.91 Å². The highest BCUT2D eigenvalue weighted by molar-refractivity contribution is 6.31. The largest absolute Gasteiger partial charge is 0.464 e. The highest BCUT2D eigenvalue weighted by Gasteiger charge is 2.23. The Morgan fingerprint density at radius 2 is 1.86 bits per heavy atom. The normalized spacial score (nSPS) is 11.4. The van der Waals surface area contributed by atoms with E-state index in [2.05, 4.69) is 4.98 Å². The van der Waals surface area contributed by atoms with Crippen LogP contribution < -0.4 is 0 Å². The van der Waals surface area contributed by atoms with E-state index in [9.17, 15) is 13.6 Å². The van der Waals surface area contributed by atoms with Crippen LogP contribution in [0, 0.1) is 11.6 Å². The van der Waals surface area contributed by atoms with Gasteiger partial charge in [-0.15, -0.1) is 0 Å². The number of carbonyl (C=O) groups is 1. The first-order valence-corrected chi connectivity index (χ1v) is 9.05. The van der Waals surface area contributed by atoms with Crippen molar-refractivity contribution in [2.75, 3.05) is 0 Å². The molecular weight excluding hydrogens is 398 g/mol. The van der Waals surface area contributed by atoms with E-state index in [1.54, 1.807) is 36.6 Å². The van der Waals surface area contributed by atoms with Crippen LogP contribution in [-0.4, -0.2) is 15.5 Å². The highest BCUT2D eigenvalue weighted by Crippen LogP contribution is 2.33. The Bertz CT molecular complexity index is 1420. The van der Waals surface area contributed by atoms with E-state index >= 15 is 0 Å². The van der Waals surface area contributed by atoms with Gasteiger partial charge in [-0.3, -0.25) is 9.36 Å². The zero-order valence-electron chi connectivity index (χ0n) is 14.7. The summed E-state index contributed by atoms with van der Waals surface area (Å²) in [4.78, 5) is 17.9. The van der Waals surface area contributed by atoms with E-state index in [0.717, 1.165) is 17.5 Å². The number of benzene rings is 3. The molecule has 0 bridgehead atoms. The number of nitrogens with zero attached hydrogens (tertiary/aromatic N) is 2. The monoisotopic (exact) mass is 408 g/mol. The molecule has 0 aliphatic carbocycles. The lowest BCUT2D eigenvalue weighted by atomic mass is 10.1. The molecule has 3 aromatic carbocycles. The Hall–Kier alpha value is -3.51. The summed E-state index contributed by atoms with van der Waals surface area (Å²) in [6, 6.07) is 15.3. The molecule has 0 N–H and O–H groups in total. The van der Waals surface area contributed by atoms with E-state index in [4.69, 9.17) is 16.0 Å². The van der Waals surface area contributed by atoms with Gasteiger partial charge in [-0.05, 0) is 48.5 Å². The molecule has 29 heavy (non-hydrogen) atoms. The van der Waals surface area contributed by atoms with Crippen LogP contribution in [0.2, 0.25) is 5.02 Å². The van der Waals surface area contributed by atoms with Crippen LogP contribution in [0.1, 0.15) is 10.4 Å². The molecule has 5 rings (SSSR count). The van der Waals surface area contributed by atoms with Gasteiger partial charge >= 0.3 is 0 Å². The first-order valence-electron chi connectivity index (χ1n) is 8.67. The standard InChI is InChI=1S/C22H11ClF2N2O2/c23-14-5-7-19-18(11-14)26-21(15-3-1-2-12-8-9-29-20(12)15)27(19)22(28)13-4-6-16(24)17(25)10-13/h1-11H. The predicted octanol–water partition coefficient (Wildman–Crippen LogP) is 6.07. The Morgan fingerprint density at radius 1 is 1.00 bits per heavy atom. The molecule has 0 unspecified atom stereocenters. The van der Waals surface area contributed by atoms with Gasteiger partial charge in [0.2, 0.25) is 0 Å². The molecule has 142 valence electrons. The van der Waals surface area contributed by atoms with Crippen molar-refractivity contribution in [2.24, 2.45) is 0 Å². The smallest absolute Gasteiger partial charge is 0.264 e. The van der Waals surface area contributed by atoms with Gasteiger partial charge in [-0.2, -0.15) is 0 Å². The fourth-order valence-electron chi connectivity index (χ4n) is 3.37. The number of para-hydroxylation sites is 1. The molecule has 0 saturated carbocycles. The van der Waals surface area contributed by atoms with E-state index in [1.165, 1.54) is 10.6 Å². The van der Waals surface area contributed by atoms with Crippen LogP contribution >= 0.6 is 11.6 Å². The maximum Gasteiger partial charge on any atom is 0.264 e. The summed E-state index contributed by atoms with van der Waals surface area (Å²) in [5.41, 5.74) is 2.13. The molecule has 0 saturated heterocycles. The minimum atomic E-state index is -1.10. The number of halogens is 3. The van der Waals surface area contributed by atoms with Gasteiger partial charge in [0.15, 0.2) is 17.5 Å². The highest BCUT2D eigenvalue weighted by atomic mass is 35.5. The Balaban J connectivity index is 1.81. The van der Waals surface area contributed by atoms with Crippen LogP contribution in [0.25, 0.3) is 33.4 Å². The predicted molar refractivity (Wildman–Crippen MR) is 106 cm³/mol. The van der Waals surface area contributed by atoms with Crippen LogP contribution in [0.3, 0.4) is 0 Å². The SMILES string of the molecule is O=C(c1ccc(F)c(F)c1)n1c(-c2cccc3ccoc23)nc2cc(Cl)ccc21. The summed E-state index contributed by atoms with van der Waals surface area (Å²) < 4.78 is 34.1.